The van der Waals surface area contributed by atoms with Gasteiger partial charge in [-0.15, -0.1) is 22.7 Å². The number of hydrogen-bond donors (Lipinski definition) is 0. The normalized spacial score (nSPS) is 16.1. The topological polar surface area (TPSA) is 37.4 Å². The Hall–Kier alpha value is -0.210. The minimum absolute atomic E-state index is 0.174. The summed E-state index contributed by atoms with van der Waals surface area (Å²) in [6.45, 7) is 0.486. The lowest BCUT2D eigenvalue weighted by atomic mass is 10.4. The maximum atomic E-state index is 12.7. The summed E-state index contributed by atoms with van der Waals surface area (Å²) in [5.41, 5.74) is 0. The standard InChI is InChI=1S/C12H12BrNO2S3/c13-11-5-6-12(18-11)19(15,16)14(9-3-4-9)8-10-2-1-7-17-10/h1-2,5-7,9H,3-4,8H2. The first-order valence-corrected chi connectivity index (χ1v) is 9.80. The third kappa shape index (κ3) is 2.95. The van der Waals surface area contributed by atoms with E-state index in [2.05, 4.69) is 15.9 Å². The fourth-order valence-electron chi connectivity index (χ4n) is 1.88. The fourth-order valence-corrected chi connectivity index (χ4v) is 6.47. The smallest absolute Gasteiger partial charge is 0.206 e. The third-order valence-electron chi connectivity index (χ3n) is 2.96. The van der Waals surface area contributed by atoms with Crippen molar-refractivity contribution in [2.75, 3.05) is 0 Å². The van der Waals surface area contributed by atoms with Gasteiger partial charge in [0.1, 0.15) is 4.21 Å². The number of thiophene rings is 2. The summed E-state index contributed by atoms with van der Waals surface area (Å²) in [5.74, 6) is 0. The summed E-state index contributed by atoms with van der Waals surface area (Å²) < 4.78 is 28.3. The number of rotatable bonds is 5. The maximum Gasteiger partial charge on any atom is 0.253 e. The van der Waals surface area contributed by atoms with Gasteiger partial charge in [0.25, 0.3) is 10.0 Å². The maximum absolute atomic E-state index is 12.7. The van der Waals surface area contributed by atoms with Gasteiger partial charge < -0.3 is 0 Å². The quantitative estimate of drug-likeness (QED) is 0.791. The van der Waals surface area contributed by atoms with E-state index in [9.17, 15) is 8.42 Å². The molecule has 102 valence electrons. The average Bonchev–Trinajstić information content (AvgIpc) is 2.88. The van der Waals surface area contributed by atoms with Gasteiger partial charge in [-0.2, -0.15) is 4.31 Å². The first-order valence-electron chi connectivity index (χ1n) is 5.87. The van der Waals surface area contributed by atoms with Gasteiger partial charge in [-0.3, -0.25) is 0 Å². The van der Waals surface area contributed by atoms with Crippen molar-refractivity contribution < 1.29 is 8.42 Å². The SMILES string of the molecule is O=S(=O)(c1ccc(Br)s1)N(Cc1cccs1)C1CC1. The van der Waals surface area contributed by atoms with Gasteiger partial charge in [0.15, 0.2) is 0 Å². The van der Waals surface area contributed by atoms with Crippen LogP contribution < -0.4 is 0 Å². The summed E-state index contributed by atoms with van der Waals surface area (Å²) in [7, 11) is -3.36. The van der Waals surface area contributed by atoms with Gasteiger partial charge in [0.2, 0.25) is 0 Å². The first kappa shape index (κ1) is 13.8. The zero-order valence-electron chi connectivity index (χ0n) is 9.95. The number of hydrogen-bond acceptors (Lipinski definition) is 4. The molecule has 0 saturated heterocycles. The summed E-state index contributed by atoms with van der Waals surface area (Å²) >= 11 is 6.20. The van der Waals surface area contributed by atoms with Crippen LogP contribution in [-0.2, 0) is 16.6 Å². The Balaban J connectivity index is 1.91. The van der Waals surface area contributed by atoms with Crippen LogP contribution in [0.25, 0.3) is 0 Å². The molecule has 7 heteroatoms. The molecule has 0 amide bonds. The van der Waals surface area contributed by atoms with E-state index in [1.54, 1.807) is 27.8 Å². The van der Waals surface area contributed by atoms with Crippen molar-refractivity contribution >= 4 is 48.6 Å². The Morgan fingerprint density at radius 2 is 2.11 bits per heavy atom. The van der Waals surface area contributed by atoms with Crippen molar-refractivity contribution in [3.63, 3.8) is 0 Å². The summed E-state index contributed by atoms with van der Waals surface area (Å²) in [5, 5.41) is 1.98. The Morgan fingerprint density at radius 1 is 1.32 bits per heavy atom. The molecule has 19 heavy (non-hydrogen) atoms. The number of nitrogens with zero attached hydrogens (tertiary/aromatic N) is 1. The van der Waals surface area contributed by atoms with Crippen LogP contribution >= 0.6 is 38.6 Å². The second-order valence-electron chi connectivity index (χ2n) is 4.42. The molecule has 0 radical (unpaired) electrons. The van der Waals surface area contributed by atoms with Gasteiger partial charge in [-0.05, 0) is 52.4 Å². The Bertz CT molecular complexity index is 659. The Morgan fingerprint density at radius 3 is 2.63 bits per heavy atom. The van der Waals surface area contributed by atoms with Gasteiger partial charge in [0.05, 0.1) is 3.79 Å². The Labute approximate surface area is 129 Å². The van der Waals surface area contributed by atoms with Crippen LogP contribution in [0, 0.1) is 0 Å². The molecule has 2 aromatic heterocycles. The van der Waals surface area contributed by atoms with Crippen molar-refractivity contribution in [1.29, 1.82) is 0 Å². The molecule has 0 aromatic carbocycles. The molecule has 1 fully saturated rings. The highest BCUT2D eigenvalue weighted by atomic mass is 79.9. The zero-order valence-corrected chi connectivity index (χ0v) is 14.0. The molecule has 0 spiro atoms. The second-order valence-corrected chi connectivity index (χ2v) is 10.0. The van der Waals surface area contributed by atoms with E-state index in [0.717, 1.165) is 21.5 Å². The van der Waals surface area contributed by atoms with E-state index < -0.39 is 10.0 Å². The predicted octanol–water partition coefficient (Wildman–Crippen LogP) is 3.93. The fraction of sp³-hybridized carbons (Fsp3) is 0.333. The molecular formula is C12H12BrNO2S3. The zero-order chi connectivity index (χ0) is 13.5. The summed E-state index contributed by atoms with van der Waals surface area (Å²) in [6, 6.07) is 7.58. The average molecular weight is 378 g/mol. The van der Waals surface area contributed by atoms with Crippen molar-refractivity contribution in [3.8, 4) is 0 Å². The van der Waals surface area contributed by atoms with Gasteiger partial charge in [0, 0.05) is 17.5 Å². The van der Waals surface area contributed by atoms with Crippen LogP contribution in [0.2, 0.25) is 0 Å². The Kier molecular flexibility index (Phi) is 3.83. The van der Waals surface area contributed by atoms with E-state index in [1.165, 1.54) is 11.3 Å². The molecule has 0 bridgehead atoms. The molecular weight excluding hydrogens is 366 g/mol. The highest BCUT2D eigenvalue weighted by Crippen LogP contribution is 2.36. The highest BCUT2D eigenvalue weighted by Gasteiger charge is 2.38. The van der Waals surface area contributed by atoms with Crippen molar-refractivity contribution in [1.82, 2.24) is 4.31 Å². The lowest BCUT2D eigenvalue weighted by Crippen LogP contribution is -2.31. The van der Waals surface area contributed by atoms with Gasteiger partial charge in [-0.1, -0.05) is 6.07 Å². The molecule has 1 saturated carbocycles. The summed E-state index contributed by atoms with van der Waals surface area (Å²) in [4.78, 5) is 1.09. The highest BCUT2D eigenvalue weighted by molar-refractivity contribution is 9.11. The van der Waals surface area contributed by atoms with Crippen LogP contribution in [0.1, 0.15) is 17.7 Å². The van der Waals surface area contributed by atoms with Crippen molar-refractivity contribution in [2.24, 2.45) is 0 Å². The number of sulfonamides is 1. The van der Waals surface area contributed by atoms with Gasteiger partial charge >= 0.3 is 0 Å². The monoisotopic (exact) mass is 377 g/mol. The number of halogens is 1. The summed E-state index contributed by atoms with van der Waals surface area (Å²) in [6.07, 6.45) is 1.94. The molecule has 0 unspecified atom stereocenters. The molecule has 3 nitrogen and oxygen atoms in total. The molecule has 0 aliphatic heterocycles. The molecule has 2 heterocycles. The molecule has 1 aliphatic carbocycles. The molecule has 0 N–H and O–H groups in total. The first-order chi connectivity index (χ1) is 9.07. The minimum atomic E-state index is -3.36. The van der Waals surface area contributed by atoms with Crippen LogP contribution in [-0.4, -0.2) is 18.8 Å². The van der Waals surface area contributed by atoms with E-state index in [-0.39, 0.29) is 6.04 Å². The van der Waals surface area contributed by atoms with Crippen LogP contribution in [0.3, 0.4) is 0 Å². The molecule has 3 rings (SSSR count). The van der Waals surface area contributed by atoms with Crippen molar-refractivity contribution in [3.05, 3.63) is 38.3 Å². The molecule has 0 atom stereocenters. The lowest BCUT2D eigenvalue weighted by Gasteiger charge is -2.20. The lowest BCUT2D eigenvalue weighted by molar-refractivity contribution is 0.403. The van der Waals surface area contributed by atoms with Crippen LogP contribution in [0.4, 0.5) is 0 Å². The van der Waals surface area contributed by atoms with E-state index in [1.807, 2.05) is 17.5 Å². The molecule has 1 aliphatic rings. The largest absolute Gasteiger partial charge is 0.253 e. The molecule has 2 aromatic rings. The van der Waals surface area contributed by atoms with Crippen LogP contribution in [0.5, 0.6) is 0 Å². The van der Waals surface area contributed by atoms with E-state index >= 15 is 0 Å². The van der Waals surface area contributed by atoms with E-state index in [4.69, 9.17) is 0 Å². The van der Waals surface area contributed by atoms with E-state index in [0.29, 0.717) is 10.8 Å². The van der Waals surface area contributed by atoms with Crippen molar-refractivity contribution in [2.45, 2.75) is 29.6 Å². The second kappa shape index (κ2) is 5.29. The van der Waals surface area contributed by atoms with Gasteiger partial charge in [-0.25, -0.2) is 8.42 Å². The third-order valence-corrected chi connectivity index (χ3v) is 7.81. The minimum Gasteiger partial charge on any atom is -0.206 e. The van der Waals surface area contributed by atoms with Crippen LogP contribution in [0.15, 0.2) is 37.6 Å². The predicted molar refractivity (Wildman–Crippen MR) is 82.1 cm³/mol.